The van der Waals surface area contributed by atoms with Gasteiger partial charge in [-0.1, -0.05) is 6.92 Å². The molecule has 0 fully saturated rings. The molecule has 1 aliphatic rings. The molecule has 1 atom stereocenters. The highest BCUT2D eigenvalue weighted by atomic mass is 32.1. The lowest BCUT2D eigenvalue weighted by molar-refractivity contribution is 0.622. The van der Waals surface area contributed by atoms with Crippen LogP contribution in [0.3, 0.4) is 0 Å². The highest BCUT2D eigenvalue weighted by Crippen LogP contribution is 2.35. The third kappa shape index (κ3) is 2.83. The van der Waals surface area contributed by atoms with Crippen LogP contribution in [-0.2, 0) is 19.4 Å². The van der Waals surface area contributed by atoms with Crippen LogP contribution >= 0.6 is 11.3 Å². The number of pyridine rings is 1. The average Bonchev–Trinajstić information content (AvgIpc) is 2.97. The minimum Gasteiger partial charge on any atom is -0.349 e. The second-order valence-electron chi connectivity index (χ2n) is 5.63. The van der Waals surface area contributed by atoms with Crippen molar-refractivity contribution < 1.29 is 0 Å². The van der Waals surface area contributed by atoms with Crippen LogP contribution in [0.4, 0.5) is 5.82 Å². The van der Waals surface area contributed by atoms with Crippen molar-refractivity contribution in [1.82, 2.24) is 10.3 Å². The van der Waals surface area contributed by atoms with Crippen molar-refractivity contribution in [2.75, 3.05) is 18.5 Å². The molecule has 3 nitrogen and oxygen atoms in total. The van der Waals surface area contributed by atoms with E-state index in [2.05, 4.69) is 47.6 Å². The largest absolute Gasteiger partial charge is 0.349 e. The van der Waals surface area contributed by atoms with E-state index in [0.29, 0.717) is 6.04 Å². The maximum Gasteiger partial charge on any atom is 0.129 e. The van der Waals surface area contributed by atoms with Crippen LogP contribution < -0.4 is 10.2 Å². The maximum atomic E-state index is 4.87. The van der Waals surface area contributed by atoms with Gasteiger partial charge in [-0.15, -0.1) is 11.3 Å². The number of rotatable bonds is 4. The summed E-state index contributed by atoms with van der Waals surface area (Å²) >= 11 is 1.89. The number of anilines is 1. The summed E-state index contributed by atoms with van der Waals surface area (Å²) in [5, 5.41) is 5.46. The topological polar surface area (TPSA) is 28.2 Å². The molecule has 0 amide bonds. The summed E-state index contributed by atoms with van der Waals surface area (Å²) in [5.74, 6) is 1.13. The summed E-state index contributed by atoms with van der Waals surface area (Å²) in [4.78, 5) is 8.86. The number of hydrogen-bond donors (Lipinski definition) is 1. The van der Waals surface area contributed by atoms with Gasteiger partial charge in [0.05, 0.1) is 6.04 Å². The summed E-state index contributed by atoms with van der Waals surface area (Å²) in [6.45, 7) is 6.43. The number of hydrogen-bond acceptors (Lipinski definition) is 4. The Morgan fingerprint density at radius 3 is 3.05 bits per heavy atom. The van der Waals surface area contributed by atoms with Gasteiger partial charge in [-0.05, 0) is 61.5 Å². The lowest BCUT2D eigenvalue weighted by Gasteiger charge is -2.35. The van der Waals surface area contributed by atoms with Crippen molar-refractivity contribution in [2.45, 2.75) is 39.3 Å². The van der Waals surface area contributed by atoms with Crippen LogP contribution in [-0.4, -0.2) is 18.6 Å². The summed E-state index contributed by atoms with van der Waals surface area (Å²) in [6, 6.07) is 7.14. The van der Waals surface area contributed by atoms with Crippen LogP contribution in [0.2, 0.25) is 0 Å². The smallest absolute Gasteiger partial charge is 0.129 e. The molecule has 0 aromatic carbocycles. The zero-order valence-electron chi connectivity index (χ0n) is 13.0. The normalized spacial score (nSPS) is 17.9. The molecule has 1 N–H and O–H groups in total. The third-order valence-corrected chi connectivity index (χ3v) is 5.24. The quantitative estimate of drug-likeness (QED) is 0.936. The molecule has 3 heterocycles. The molecular weight excluding hydrogens is 278 g/mol. The number of nitrogens with zero attached hydrogens (tertiary/aromatic N) is 2. The van der Waals surface area contributed by atoms with E-state index in [-0.39, 0.29) is 0 Å². The van der Waals surface area contributed by atoms with Gasteiger partial charge < -0.3 is 10.2 Å². The van der Waals surface area contributed by atoms with E-state index in [1.54, 1.807) is 4.88 Å². The molecule has 1 aliphatic heterocycles. The van der Waals surface area contributed by atoms with Gasteiger partial charge in [-0.25, -0.2) is 4.98 Å². The number of fused-ring (bicyclic) bond motifs is 1. The van der Waals surface area contributed by atoms with Crippen molar-refractivity contribution in [2.24, 2.45) is 0 Å². The lowest BCUT2D eigenvalue weighted by atomic mass is 10.0. The Hall–Kier alpha value is -1.39. The van der Waals surface area contributed by atoms with Crippen molar-refractivity contribution >= 4 is 17.2 Å². The zero-order valence-corrected chi connectivity index (χ0v) is 13.8. The minimum atomic E-state index is 0.419. The van der Waals surface area contributed by atoms with E-state index in [4.69, 9.17) is 4.98 Å². The standard InChI is InChI=1S/C17H23N3S/c1-4-14-9-13(11-18-3)10-17(19-14)20-7-5-16-15(12(20)2)6-8-21-16/h6,8-10,12,18H,4-5,7,11H2,1-3H3. The Morgan fingerprint density at radius 1 is 1.43 bits per heavy atom. The first kappa shape index (κ1) is 14.5. The van der Waals surface area contributed by atoms with Gasteiger partial charge in [-0.2, -0.15) is 0 Å². The van der Waals surface area contributed by atoms with Gasteiger partial charge in [0, 0.05) is 23.7 Å². The SMILES string of the molecule is CCc1cc(CNC)cc(N2CCc3sccc3C2C)n1. The van der Waals surface area contributed by atoms with Gasteiger partial charge in [0.1, 0.15) is 5.82 Å². The number of aromatic nitrogens is 1. The second-order valence-corrected chi connectivity index (χ2v) is 6.63. The monoisotopic (exact) mass is 301 g/mol. The van der Waals surface area contributed by atoms with Crippen LogP contribution in [0, 0.1) is 0 Å². The Morgan fingerprint density at radius 2 is 2.29 bits per heavy atom. The molecule has 3 rings (SSSR count). The highest BCUT2D eigenvalue weighted by Gasteiger charge is 2.26. The Balaban J connectivity index is 1.95. The van der Waals surface area contributed by atoms with Crippen LogP contribution in [0.5, 0.6) is 0 Å². The molecule has 0 radical (unpaired) electrons. The highest BCUT2D eigenvalue weighted by molar-refractivity contribution is 7.10. The van der Waals surface area contributed by atoms with Gasteiger partial charge in [0.2, 0.25) is 0 Å². The average molecular weight is 301 g/mol. The lowest BCUT2D eigenvalue weighted by Crippen LogP contribution is -2.34. The van der Waals surface area contributed by atoms with E-state index in [0.717, 1.165) is 31.7 Å². The molecule has 2 aromatic rings. The van der Waals surface area contributed by atoms with Gasteiger partial charge in [0.15, 0.2) is 0 Å². The van der Waals surface area contributed by atoms with Gasteiger partial charge >= 0.3 is 0 Å². The van der Waals surface area contributed by atoms with Gasteiger partial charge in [-0.3, -0.25) is 0 Å². The Kier molecular flexibility index (Phi) is 4.27. The fourth-order valence-corrected chi connectivity index (χ4v) is 4.05. The van der Waals surface area contributed by atoms with E-state index in [1.807, 2.05) is 18.4 Å². The number of thiophene rings is 1. The zero-order chi connectivity index (χ0) is 14.8. The first-order valence-corrected chi connectivity index (χ1v) is 8.58. The predicted molar refractivity (Wildman–Crippen MR) is 90.2 cm³/mol. The maximum absolute atomic E-state index is 4.87. The molecule has 21 heavy (non-hydrogen) atoms. The van der Waals surface area contributed by atoms with Gasteiger partial charge in [0.25, 0.3) is 0 Å². The van der Waals surface area contributed by atoms with Crippen molar-refractivity contribution in [3.8, 4) is 0 Å². The predicted octanol–water partition coefficient (Wildman–Crippen LogP) is 3.55. The summed E-state index contributed by atoms with van der Waals surface area (Å²) in [7, 11) is 1.99. The van der Waals surface area contributed by atoms with Crippen molar-refractivity contribution in [3.63, 3.8) is 0 Å². The first-order chi connectivity index (χ1) is 10.2. The molecule has 0 saturated carbocycles. The fourth-order valence-electron chi connectivity index (χ4n) is 3.09. The molecule has 0 spiro atoms. The molecular formula is C17H23N3S. The van der Waals surface area contributed by atoms with Crippen LogP contribution in [0.1, 0.15) is 41.6 Å². The summed E-state index contributed by atoms with van der Waals surface area (Å²) in [6.07, 6.45) is 2.12. The third-order valence-electron chi connectivity index (χ3n) is 4.24. The van der Waals surface area contributed by atoms with E-state index >= 15 is 0 Å². The Labute approximate surface area is 131 Å². The summed E-state index contributed by atoms with van der Waals surface area (Å²) in [5.41, 5.74) is 3.98. The fraction of sp³-hybridized carbons (Fsp3) is 0.471. The van der Waals surface area contributed by atoms with Crippen LogP contribution in [0.25, 0.3) is 0 Å². The van der Waals surface area contributed by atoms with E-state index in [1.165, 1.54) is 16.8 Å². The molecule has 0 saturated heterocycles. The number of nitrogens with one attached hydrogen (secondary N) is 1. The molecule has 4 heteroatoms. The van der Waals surface area contributed by atoms with Crippen molar-refractivity contribution in [1.29, 1.82) is 0 Å². The second kappa shape index (κ2) is 6.16. The molecule has 0 bridgehead atoms. The first-order valence-electron chi connectivity index (χ1n) is 7.70. The minimum absolute atomic E-state index is 0.419. The Bertz CT molecular complexity index is 620. The number of aryl methyl sites for hydroxylation is 1. The van der Waals surface area contributed by atoms with E-state index in [9.17, 15) is 0 Å². The summed E-state index contributed by atoms with van der Waals surface area (Å²) < 4.78 is 0. The molecule has 1 unspecified atom stereocenters. The molecule has 112 valence electrons. The molecule has 2 aromatic heterocycles. The molecule has 0 aliphatic carbocycles. The van der Waals surface area contributed by atoms with Crippen molar-refractivity contribution in [3.05, 3.63) is 45.3 Å². The van der Waals surface area contributed by atoms with Crippen LogP contribution in [0.15, 0.2) is 23.6 Å². The van der Waals surface area contributed by atoms with E-state index < -0.39 is 0 Å².